The van der Waals surface area contributed by atoms with Crippen molar-refractivity contribution >= 4 is 52.9 Å². The SMILES string of the molecule is CCNC(=NCc1ccc(O)c(F)c1)NCC(O)c1ccc(Cl)s1.I. The molecule has 5 nitrogen and oxygen atoms in total. The lowest BCUT2D eigenvalue weighted by Crippen LogP contribution is -2.39. The number of hydrogen-bond donors (Lipinski definition) is 4. The maximum Gasteiger partial charge on any atom is 0.191 e. The summed E-state index contributed by atoms with van der Waals surface area (Å²) in [6.45, 7) is 3.09. The van der Waals surface area contributed by atoms with Gasteiger partial charge in [0.25, 0.3) is 0 Å². The number of thiophene rings is 1. The fraction of sp³-hybridized carbons (Fsp3) is 0.312. The second-order valence-corrected chi connectivity index (χ2v) is 6.77. The van der Waals surface area contributed by atoms with Crippen LogP contribution in [0, 0.1) is 5.82 Å². The van der Waals surface area contributed by atoms with Gasteiger partial charge < -0.3 is 20.8 Å². The lowest BCUT2D eigenvalue weighted by Gasteiger charge is -2.14. The van der Waals surface area contributed by atoms with Crippen LogP contribution in [0.5, 0.6) is 5.75 Å². The molecule has 2 rings (SSSR count). The Kier molecular flexibility index (Phi) is 9.47. The fourth-order valence-electron chi connectivity index (χ4n) is 1.96. The second-order valence-electron chi connectivity index (χ2n) is 5.02. The van der Waals surface area contributed by atoms with E-state index in [0.717, 1.165) is 4.88 Å². The van der Waals surface area contributed by atoms with E-state index in [9.17, 15) is 14.6 Å². The van der Waals surface area contributed by atoms with Crippen molar-refractivity contribution in [2.24, 2.45) is 4.99 Å². The number of aliphatic imine (C=N–C) groups is 1. The molecule has 0 bridgehead atoms. The maximum absolute atomic E-state index is 13.3. The molecule has 1 atom stereocenters. The Morgan fingerprint density at radius 3 is 2.68 bits per heavy atom. The minimum atomic E-state index is -0.697. The van der Waals surface area contributed by atoms with Crippen molar-refractivity contribution in [1.29, 1.82) is 0 Å². The van der Waals surface area contributed by atoms with Crippen molar-refractivity contribution < 1.29 is 14.6 Å². The maximum atomic E-state index is 13.3. The minimum absolute atomic E-state index is 0. The molecule has 0 amide bonds. The topological polar surface area (TPSA) is 76.9 Å². The third-order valence-corrected chi connectivity index (χ3v) is 4.49. The van der Waals surface area contributed by atoms with Crippen LogP contribution in [0.2, 0.25) is 4.34 Å². The Balaban J connectivity index is 0.00000312. The average molecular weight is 500 g/mol. The van der Waals surface area contributed by atoms with Crippen LogP contribution >= 0.6 is 46.9 Å². The first-order valence-electron chi connectivity index (χ1n) is 7.42. The second kappa shape index (κ2) is 10.8. The highest BCUT2D eigenvalue weighted by molar-refractivity contribution is 14.0. The van der Waals surface area contributed by atoms with Crippen molar-refractivity contribution in [2.75, 3.05) is 13.1 Å². The van der Waals surface area contributed by atoms with Crippen LogP contribution < -0.4 is 10.6 Å². The van der Waals surface area contributed by atoms with E-state index >= 15 is 0 Å². The summed E-state index contributed by atoms with van der Waals surface area (Å²) in [5.74, 6) is -0.552. The van der Waals surface area contributed by atoms with Crippen molar-refractivity contribution in [3.8, 4) is 5.75 Å². The van der Waals surface area contributed by atoms with Crippen LogP contribution in [0.15, 0.2) is 35.3 Å². The van der Waals surface area contributed by atoms with Crippen molar-refractivity contribution in [2.45, 2.75) is 19.6 Å². The van der Waals surface area contributed by atoms with Crippen LogP contribution in [0.1, 0.15) is 23.5 Å². The van der Waals surface area contributed by atoms with Gasteiger partial charge in [0.15, 0.2) is 17.5 Å². The Morgan fingerprint density at radius 2 is 2.08 bits per heavy atom. The molecule has 0 spiro atoms. The molecule has 0 aliphatic heterocycles. The number of benzene rings is 1. The standard InChI is InChI=1S/C16H19ClFN3O2S.HI/c1-2-19-16(20-8-10-3-4-12(22)11(18)7-10)21-9-13(23)14-5-6-15(17)24-14;/h3-7,13,22-23H,2,8-9H2,1H3,(H2,19,20,21);1H. The van der Waals surface area contributed by atoms with Crippen LogP contribution in [0.25, 0.3) is 0 Å². The highest BCUT2D eigenvalue weighted by Gasteiger charge is 2.11. The molecule has 4 N–H and O–H groups in total. The summed E-state index contributed by atoms with van der Waals surface area (Å²) in [6, 6.07) is 7.66. The first kappa shape index (κ1) is 21.9. The Bertz CT molecular complexity index is 714. The Labute approximate surface area is 172 Å². The molecule has 138 valence electrons. The van der Waals surface area contributed by atoms with Gasteiger partial charge >= 0.3 is 0 Å². The number of hydrogen-bond acceptors (Lipinski definition) is 4. The smallest absolute Gasteiger partial charge is 0.191 e. The summed E-state index contributed by atoms with van der Waals surface area (Å²) in [5.41, 5.74) is 0.632. The van der Waals surface area contributed by atoms with E-state index in [4.69, 9.17) is 11.6 Å². The van der Waals surface area contributed by atoms with E-state index in [1.807, 2.05) is 6.92 Å². The normalized spacial score (nSPS) is 12.4. The first-order chi connectivity index (χ1) is 11.5. The predicted molar refractivity (Wildman–Crippen MR) is 111 cm³/mol. The zero-order valence-electron chi connectivity index (χ0n) is 13.5. The van der Waals surface area contributed by atoms with Crippen LogP contribution in [0.4, 0.5) is 4.39 Å². The molecule has 1 unspecified atom stereocenters. The zero-order valence-corrected chi connectivity index (χ0v) is 17.4. The molecule has 0 saturated carbocycles. The van der Waals surface area contributed by atoms with E-state index in [-0.39, 0.29) is 42.8 Å². The van der Waals surface area contributed by atoms with Gasteiger partial charge in [-0.1, -0.05) is 17.7 Å². The number of aromatic hydroxyl groups is 1. The molecule has 1 heterocycles. The van der Waals surface area contributed by atoms with Gasteiger partial charge in [-0.2, -0.15) is 0 Å². The molecule has 25 heavy (non-hydrogen) atoms. The van der Waals surface area contributed by atoms with Gasteiger partial charge in [0.1, 0.15) is 6.10 Å². The fourth-order valence-corrected chi connectivity index (χ4v) is 3.01. The highest BCUT2D eigenvalue weighted by atomic mass is 127. The molecule has 0 radical (unpaired) electrons. The Hall–Kier alpha value is -1.10. The summed E-state index contributed by atoms with van der Waals surface area (Å²) in [5, 5.41) is 25.4. The molecule has 0 saturated heterocycles. The van der Waals surface area contributed by atoms with Gasteiger partial charge in [-0.05, 0) is 36.8 Å². The van der Waals surface area contributed by atoms with Crippen LogP contribution in [-0.2, 0) is 6.54 Å². The third-order valence-electron chi connectivity index (χ3n) is 3.16. The highest BCUT2D eigenvalue weighted by Crippen LogP contribution is 2.26. The van der Waals surface area contributed by atoms with Gasteiger partial charge in [-0.3, -0.25) is 0 Å². The summed E-state index contributed by atoms with van der Waals surface area (Å²) in [7, 11) is 0. The minimum Gasteiger partial charge on any atom is -0.505 e. The molecule has 0 aliphatic carbocycles. The monoisotopic (exact) mass is 499 g/mol. The first-order valence-corrected chi connectivity index (χ1v) is 8.62. The van der Waals surface area contributed by atoms with Crippen molar-refractivity contribution in [1.82, 2.24) is 10.6 Å². The number of aliphatic hydroxyl groups is 1. The molecular weight excluding hydrogens is 480 g/mol. The molecular formula is C16H20ClFIN3O2S. The number of nitrogens with zero attached hydrogens (tertiary/aromatic N) is 1. The summed E-state index contributed by atoms with van der Waals surface area (Å²) >= 11 is 7.18. The van der Waals surface area contributed by atoms with Crippen LogP contribution in [0.3, 0.4) is 0 Å². The van der Waals surface area contributed by atoms with Crippen molar-refractivity contribution in [3.05, 3.63) is 50.9 Å². The summed E-state index contributed by atoms with van der Waals surface area (Å²) < 4.78 is 13.9. The number of phenolic OH excluding ortho intramolecular Hbond substituents is 1. The molecule has 1 aromatic heterocycles. The van der Waals surface area contributed by atoms with Gasteiger partial charge in [-0.15, -0.1) is 35.3 Å². The van der Waals surface area contributed by atoms with E-state index < -0.39 is 11.9 Å². The number of halogens is 3. The van der Waals surface area contributed by atoms with Gasteiger partial charge in [0.05, 0.1) is 10.9 Å². The lowest BCUT2D eigenvalue weighted by molar-refractivity contribution is 0.184. The lowest BCUT2D eigenvalue weighted by atomic mass is 10.2. The molecule has 1 aromatic carbocycles. The largest absolute Gasteiger partial charge is 0.505 e. The van der Waals surface area contributed by atoms with Gasteiger partial charge in [0, 0.05) is 18.0 Å². The molecule has 2 aromatic rings. The predicted octanol–water partition coefficient (Wildman–Crippen LogP) is 3.65. The zero-order chi connectivity index (χ0) is 17.5. The Morgan fingerprint density at radius 1 is 1.32 bits per heavy atom. The van der Waals surface area contributed by atoms with E-state index in [2.05, 4.69) is 15.6 Å². The van der Waals surface area contributed by atoms with Crippen molar-refractivity contribution in [3.63, 3.8) is 0 Å². The van der Waals surface area contributed by atoms with E-state index in [1.54, 1.807) is 18.2 Å². The summed E-state index contributed by atoms with van der Waals surface area (Å²) in [4.78, 5) is 5.11. The number of guanidine groups is 1. The average Bonchev–Trinajstić information content (AvgIpc) is 2.99. The van der Waals surface area contributed by atoms with Gasteiger partial charge in [0.2, 0.25) is 0 Å². The number of nitrogens with one attached hydrogen (secondary N) is 2. The number of phenols is 1. The van der Waals surface area contributed by atoms with E-state index in [0.29, 0.717) is 22.4 Å². The quantitative estimate of drug-likeness (QED) is 0.278. The van der Waals surface area contributed by atoms with Crippen LogP contribution in [-0.4, -0.2) is 29.3 Å². The molecule has 9 heteroatoms. The third kappa shape index (κ3) is 6.96. The summed E-state index contributed by atoms with van der Waals surface area (Å²) in [6.07, 6.45) is -0.697. The molecule has 0 fully saturated rings. The van der Waals surface area contributed by atoms with E-state index in [1.165, 1.54) is 23.5 Å². The number of rotatable bonds is 6. The number of aliphatic hydroxyl groups excluding tert-OH is 1. The molecule has 0 aliphatic rings. The van der Waals surface area contributed by atoms with Gasteiger partial charge in [-0.25, -0.2) is 9.38 Å².